The van der Waals surface area contributed by atoms with Gasteiger partial charge >= 0.3 is 0 Å². The molecule has 4 aromatic rings. The van der Waals surface area contributed by atoms with E-state index in [1.165, 1.54) is 0 Å². The Labute approximate surface area is 188 Å². The highest BCUT2D eigenvalue weighted by Gasteiger charge is 2.16. The Balaban J connectivity index is 1.40. The van der Waals surface area contributed by atoms with Crippen LogP contribution in [0, 0.1) is 0 Å². The molecule has 32 heavy (non-hydrogen) atoms. The van der Waals surface area contributed by atoms with Gasteiger partial charge in [-0.2, -0.15) is 0 Å². The van der Waals surface area contributed by atoms with Gasteiger partial charge in [0.2, 0.25) is 5.91 Å². The molecular formula is C28H26N2O2. The molecule has 1 atom stereocenters. The van der Waals surface area contributed by atoms with E-state index in [9.17, 15) is 4.79 Å². The summed E-state index contributed by atoms with van der Waals surface area (Å²) in [6.45, 7) is 0.517. The minimum Gasteiger partial charge on any atom is -0.489 e. The molecule has 0 fully saturated rings. The molecule has 4 rings (SSSR count). The average molecular weight is 423 g/mol. The Hall–Kier alpha value is -4.05. The highest BCUT2D eigenvalue weighted by Crippen LogP contribution is 2.23. The van der Waals surface area contributed by atoms with Crippen molar-refractivity contribution in [2.45, 2.75) is 19.1 Å². The number of carbonyl (C=O) groups excluding carboxylic acids is 1. The molecule has 0 heterocycles. The van der Waals surface area contributed by atoms with Gasteiger partial charge in [0.05, 0.1) is 0 Å². The van der Waals surface area contributed by atoms with Crippen LogP contribution in [0.4, 0.5) is 5.69 Å². The van der Waals surface area contributed by atoms with E-state index in [1.54, 1.807) is 0 Å². The number of primary amides is 1. The van der Waals surface area contributed by atoms with Crippen LogP contribution in [0.5, 0.6) is 5.75 Å². The van der Waals surface area contributed by atoms with E-state index < -0.39 is 6.04 Å². The number of rotatable bonds is 9. The Bertz CT molecular complexity index is 1140. The summed E-state index contributed by atoms with van der Waals surface area (Å²) in [5, 5.41) is 3.29. The molecule has 0 spiro atoms. The van der Waals surface area contributed by atoms with E-state index in [4.69, 9.17) is 10.5 Å². The summed E-state index contributed by atoms with van der Waals surface area (Å²) in [7, 11) is 0. The van der Waals surface area contributed by atoms with E-state index in [0.29, 0.717) is 13.0 Å². The van der Waals surface area contributed by atoms with E-state index in [-0.39, 0.29) is 5.91 Å². The predicted octanol–water partition coefficient (Wildman–Crippen LogP) is 5.44. The van der Waals surface area contributed by atoms with Gasteiger partial charge in [0.25, 0.3) is 0 Å². The molecule has 0 saturated carbocycles. The summed E-state index contributed by atoms with van der Waals surface area (Å²) in [6, 6.07) is 35.4. The van der Waals surface area contributed by atoms with Crippen molar-refractivity contribution < 1.29 is 9.53 Å². The smallest absolute Gasteiger partial charge is 0.240 e. The van der Waals surface area contributed by atoms with Gasteiger partial charge in [0.15, 0.2) is 0 Å². The predicted molar refractivity (Wildman–Crippen MR) is 129 cm³/mol. The fourth-order valence-corrected chi connectivity index (χ4v) is 3.54. The monoisotopic (exact) mass is 422 g/mol. The van der Waals surface area contributed by atoms with Crippen LogP contribution in [-0.2, 0) is 17.8 Å². The second kappa shape index (κ2) is 10.3. The largest absolute Gasteiger partial charge is 0.489 e. The van der Waals surface area contributed by atoms with Crippen molar-refractivity contribution >= 4 is 11.6 Å². The first kappa shape index (κ1) is 21.2. The van der Waals surface area contributed by atoms with Crippen molar-refractivity contribution in [2.24, 2.45) is 5.73 Å². The normalized spacial score (nSPS) is 11.5. The van der Waals surface area contributed by atoms with Gasteiger partial charge in [0.1, 0.15) is 18.4 Å². The minimum absolute atomic E-state index is 0.389. The van der Waals surface area contributed by atoms with Crippen molar-refractivity contribution in [1.82, 2.24) is 0 Å². The molecule has 0 unspecified atom stereocenters. The third-order valence-electron chi connectivity index (χ3n) is 5.27. The topological polar surface area (TPSA) is 64.4 Å². The fourth-order valence-electron chi connectivity index (χ4n) is 3.54. The Kier molecular flexibility index (Phi) is 6.83. The lowest BCUT2D eigenvalue weighted by Gasteiger charge is -2.18. The zero-order valence-electron chi connectivity index (χ0n) is 17.8. The number of hydrogen-bond donors (Lipinski definition) is 2. The zero-order valence-corrected chi connectivity index (χ0v) is 17.8. The molecule has 0 bridgehead atoms. The summed E-state index contributed by atoms with van der Waals surface area (Å²) in [5.41, 5.74) is 10.9. The molecule has 3 N–H and O–H groups in total. The van der Waals surface area contributed by atoms with Crippen LogP contribution < -0.4 is 15.8 Å². The van der Waals surface area contributed by atoms with E-state index in [2.05, 4.69) is 17.4 Å². The second-order valence-corrected chi connectivity index (χ2v) is 7.67. The molecule has 1 amide bonds. The minimum atomic E-state index is -0.517. The van der Waals surface area contributed by atoms with Crippen molar-refractivity contribution in [2.75, 3.05) is 5.32 Å². The SMILES string of the molecule is NC(=O)[C@H](Cc1ccc(OCc2ccccc2)cc1)Nc1cccc(-c2ccccc2)c1. The summed E-state index contributed by atoms with van der Waals surface area (Å²) >= 11 is 0. The molecule has 0 saturated heterocycles. The van der Waals surface area contributed by atoms with Crippen molar-refractivity contribution in [3.05, 3.63) is 120 Å². The molecule has 0 radical (unpaired) electrons. The standard InChI is InChI=1S/C28H26N2O2/c29-28(31)27(30-25-13-7-12-24(19-25)23-10-5-2-6-11-23)18-21-14-16-26(17-15-21)32-20-22-8-3-1-4-9-22/h1-17,19,27,30H,18,20H2,(H2,29,31)/t27-/m0/s1. The van der Waals surface area contributed by atoms with Crippen molar-refractivity contribution in [3.63, 3.8) is 0 Å². The first-order valence-corrected chi connectivity index (χ1v) is 10.6. The van der Waals surface area contributed by atoms with Gasteiger partial charge in [-0.05, 0) is 46.5 Å². The van der Waals surface area contributed by atoms with Crippen LogP contribution in [0.25, 0.3) is 11.1 Å². The Morgan fingerprint density at radius 3 is 2.09 bits per heavy atom. The number of nitrogens with one attached hydrogen (secondary N) is 1. The molecule has 0 aliphatic carbocycles. The van der Waals surface area contributed by atoms with E-state index in [0.717, 1.165) is 33.7 Å². The number of benzene rings is 4. The van der Waals surface area contributed by atoms with Gasteiger partial charge in [-0.1, -0.05) is 84.9 Å². The van der Waals surface area contributed by atoms with Gasteiger partial charge < -0.3 is 15.8 Å². The van der Waals surface area contributed by atoms with Crippen molar-refractivity contribution in [3.8, 4) is 16.9 Å². The number of amides is 1. The molecule has 4 nitrogen and oxygen atoms in total. The summed E-state index contributed by atoms with van der Waals surface area (Å²) in [6.07, 6.45) is 0.490. The summed E-state index contributed by atoms with van der Waals surface area (Å²) < 4.78 is 5.84. The number of ether oxygens (including phenoxy) is 1. The van der Waals surface area contributed by atoms with Crippen LogP contribution in [0.2, 0.25) is 0 Å². The molecule has 0 aliphatic rings. The summed E-state index contributed by atoms with van der Waals surface area (Å²) in [4.78, 5) is 12.1. The molecule has 160 valence electrons. The first-order valence-electron chi connectivity index (χ1n) is 10.6. The Morgan fingerprint density at radius 2 is 1.41 bits per heavy atom. The van der Waals surface area contributed by atoms with E-state index >= 15 is 0 Å². The fraction of sp³-hybridized carbons (Fsp3) is 0.107. The lowest BCUT2D eigenvalue weighted by Crippen LogP contribution is -2.37. The first-order chi connectivity index (χ1) is 15.7. The summed E-state index contributed by atoms with van der Waals surface area (Å²) in [5.74, 6) is 0.399. The number of carbonyl (C=O) groups is 1. The van der Waals surface area contributed by atoms with Crippen LogP contribution in [0.3, 0.4) is 0 Å². The third kappa shape index (κ3) is 5.76. The lowest BCUT2D eigenvalue weighted by molar-refractivity contribution is -0.118. The number of nitrogens with two attached hydrogens (primary N) is 1. The maximum Gasteiger partial charge on any atom is 0.240 e. The molecule has 0 aromatic heterocycles. The second-order valence-electron chi connectivity index (χ2n) is 7.67. The lowest BCUT2D eigenvalue weighted by atomic mass is 10.0. The molecule has 4 aromatic carbocycles. The van der Waals surface area contributed by atoms with Crippen LogP contribution in [0.15, 0.2) is 109 Å². The van der Waals surface area contributed by atoms with Crippen LogP contribution in [0.1, 0.15) is 11.1 Å². The third-order valence-corrected chi connectivity index (χ3v) is 5.27. The highest BCUT2D eigenvalue weighted by atomic mass is 16.5. The molecular weight excluding hydrogens is 396 g/mol. The maximum atomic E-state index is 12.1. The molecule has 4 heteroatoms. The van der Waals surface area contributed by atoms with Crippen LogP contribution in [-0.4, -0.2) is 11.9 Å². The maximum absolute atomic E-state index is 12.1. The average Bonchev–Trinajstić information content (AvgIpc) is 2.84. The zero-order chi connectivity index (χ0) is 22.2. The van der Waals surface area contributed by atoms with Gasteiger partial charge in [-0.25, -0.2) is 0 Å². The highest BCUT2D eigenvalue weighted by molar-refractivity contribution is 5.83. The van der Waals surface area contributed by atoms with Crippen LogP contribution >= 0.6 is 0 Å². The molecule has 0 aliphatic heterocycles. The van der Waals surface area contributed by atoms with Gasteiger partial charge in [-0.3, -0.25) is 4.79 Å². The quantitative estimate of drug-likeness (QED) is 0.377. The van der Waals surface area contributed by atoms with Gasteiger partial charge in [-0.15, -0.1) is 0 Å². The number of hydrogen-bond acceptors (Lipinski definition) is 3. The van der Waals surface area contributed by atoms with Crippen molar-refractivity contribution in [1.29, 1.82) is 0 Å². The van der Waals surface area contributed by atoms with E-state index in [1.807, 2.05) is 97.1 Å². The van der Waals surface area contributed by atoms with Gasteiger partial charge in [0, 0.05) is 12.1 Å². The number of anilines is 1. The Morgan fingerprint density at radius 1 is 0.750 bits per heavy atom.